The lowest BCUT2D eigenvalue weighted by Gasteiger charge is -2.20. The zero-order valence-electron chi connectivity index (χ0n) is 11.0. The Labute approximate surface area is 97.6 Å². The van der Waals surface area contributed by atoms with Gasteiger partial charge in [0.25, 0.3) is 0 Å². The average Bonchev–Trinajstić information content (AvgIpc) is 2.11. The van der Waals surface area contributed by atoms with Gasteiger partial charge in [-0.3, -0.25) is 5.01 Å². The third kappa shape index (κ3) is 4.96. The summed E-state index contributed by atoms with van der Waals surface area (Å²) < 4.78 is 0. The topological polar surface area (TPSA) is 52.9 Å². The molecule has 4 nitrogen and oxygen atoms in total. The lowest BCUT2D eigenvalue weighted by atomic mass is 9.91. The molecule has 0 aromatic carbocycles. The monoisotopic (exact) mass is 226 g/mol. The number of rotatable bonds is 4. The number of aliphatic carboxylic acids is 1. The Hall–Kier alpha value is -1.32. The van der Waals surface area contributed by atoms with E-state index in [4.69, 9.17) is 5.11 Å². The highest BCUT2D eigenvalue weighted by Gasteiger charge is 2.15. The van der Waals surface area contributed by atoms with E-state index >= 15 is 0 Å². The molecule has 0 aliphatic carbocycles. The molecule has 92 valence electrons. The fraction of sp³-hybridized carbons (Fsp3) is 0.667. The van der Waals surface area contributed by atoms with E-state index in [0.29, 0.717) is 12.0 Å². The molecule has 1 N–H and O–H groups in total. The van der Waals surface area contributed by atoms with Gasteiger partial charge >= 0.3 is 5.97 Å². The first kappa shape index (κ1) is 14.7. The first-order valence-corrected chi connectivity index (χ1v) is 5.41. The van der Waals surface area contributed by atoms with Crippen LogP contribution >= 0.6 is 0 Å². The average molecular weight is 226 g/mol. The fourth-order valence-corrected chi connectivity index (χ4v) is 0.939. The summed E-state index contributed by atoms with van der Waals surface area (Å²) >= 11 is 0. The van der Waals surface area contributed by atoms with Gasteiger partial charge in [-0.1, -0.05) is 27.7 Å². The third-order valence-electron chi connectivity index (χ3n) is 2.39. The van der Waals surface area contributed by atoms with Crippen LogP contribution in [0.3, 0.4) is 0 Å². The normalized spacial score (nSPS) is 13.9. The van der Waals surface area contributed by atoms with E-state index in [1.54, 1.807) is 18.3 Å². The fourth-order valence-electron chi connectivity index (χ4n) is 0.939. The van der Waals surface area contributed by atoms with Gasteiger partial charge in [0.15, 0.2) is 0 Å². The van der Waals surface area contributed by atoms with Crippen molar-refractivity contribution in [3.05, 3.63) is 11.8 Å². The molecule has 0 unspecified atom stereocenters. The van der Waals surface area contributed by atoms with Crippen molar-refractivity contribution in [1.82, 2.24) is 5.01 Å². The Balaban J connectivity index is 4.84. The van der Waals surface area contributed by atoms with Crippen LogP contribution in [0.1, 0.15) is 41.0 Å². The van der Waals surface area contributed by atoms with E-state index in [9.17, 15) is 4.79 Å². The van der Waals surface area contributed by atoms with Crippen LogP contribution in [0.5, 0.6) is 0 Å². The summed E-state index contributed by atoms with van der Waals surface area (Å²) in [5.74, 6) is -0.891. The van der Waals surface area contributed by atoms with E-state index in [2.05, 4.69) is 25.9 Å². The molecule has 0 saturated heterocycles. The maximum absolute atomic E-state index is 10.8. The molecule has 0 aliphatic heterocycles. The second kappa shape index (κ2) is 5.68. The van der Waals surface area contributed by atoms with Crippen LogP contribution in [0.2, 0.25) is 0 Å². The highest BCUT2D eigenvalue weighted by Crippen LogP contribution is 2.16. The molecule has 0 amide bonds. The minimum absolute atomic E-state index is 0.00228. The molecule has 4 heteroatoms. The number of carbonyl (C=O) groups is 1. The molecular formula is C12H22N2O2. The summed E-state index contributed by atoms with van der Waals surface area (Å²) in [7, 11) is 1.74. The number of hydrogen-bond donors (Lipinski definition) is 1. The predicted octanol–water partition coefficient (Wildman–Crippen LogP) is 2.72. The highest BCUT2D eigenvalue weighted by molar-refractivity contribution is 5.87. The number of hydrazone groups is 1. The van der Waals surface area contributed by atoms with E-state index in [0.717, 1.165) is 5.71 Å². The van der Waals surface area contributed by atoms with Gasteiger partial charge in [0.1, 0.15) is 0 Å². The number of nitrogens with zero attached hydrogens (tertiary/aromatic N) is 2. The first-order chi connectivity index (χ1) is 7.18. The SMILES string of the molecule is CCC(=CN(C)N=C(C)C(C)(C)C)C(=O)O. The molecule has 0 atom stereocenters. The van der Waals surface area contributed by atoms with Crippen LogP contribution in [0, 0.1) is 5.41 Å². The van der Waals surface area contributed by atoms with Crippen molar-refractivity contribution < 1.29 is 9.90 Å². The largest absolute Gasteiger partial charge is 0.478 e. The number of carboxylic acid groups (broad SMARTS) is 1. The lowest BCUT2D eigenvalue weighted by molar-refractivity contribution is -0.132. The van der Waals surface area contributed by atoms with Crippen molar-refractivity contribution in [3.8, 4) is 0 Å². The minimum atomic E-state index is -0.891. The molecule has 16 heavy (non-hydrogen) atoms. The van der Waals surface area contributed by atoms with Crippen molar-refractivity contribution in [2.45, 2.75) is 41.0 Å². The predicted molar refractivity (Wildman–Crippen MR) is 66.3 cm³/mol. The lowest BCUT2D eigenvalue weighted by Crippen LogP contribution is -2.20. The molecule has 0 spiro atoms. The molecular weight excluding hydrogens is 204 g/mol. The van der Waals surface area contributed by atoms with Gasteiger partial charge in [0.2, 0.25) is 0 Å². The van der Waals surface area contributed by atoms with Crippen LogP contribution in [0.25, 0.3) is 0 Å². The van der Waals surface area contributed by atoms with Crippen LogP contribution < -0.4 is 0 Å². The Bertz CT molecular complexity index is 311. The molecule has 0 heterocycles. The van der Waals surface area contributed by atoms with E-state index in [1.165, 1.54) is 0 Å². The van der Waals surface area contributed by atoms with Gasteiger partial charge in [0, 0.05) is 24.4 Å². The van der Waals surface area contributed by atoms with Crippen LogP contribution in [-0.2, 0) is 4.79 Å². The van der Waals surface area contributed by atoms with Crippen LogP contribution in [0.4, 0.5) is 0 Å². The zero-order chi connectivity index (χ0) is 12.9. The second-order valence-electron chi connectivity index (χ2n) is 4.82. The summed E-state index contributed by atoms with van der Waals surface area (Å²) in [6, 6.07) is 0. The Morgan fingerprint density at radius 1 is 1.44 bits per heavy atom. The minimum Gasteiger partial charge on any atom is -0.478 e. The standard InChI is InChI=1S/C12H22N2O2/c1-7-10(11(15)16)8-14(6)13-9(2)12(3,4)5/h8H,7H2,1-6H3,(H,15,16). The first-order valence-electron chi connectivity index (χ1n) is 5.41. The molecule has 0 rings (SSSR count). The third-order valence-corrected chi connectivity index (χ3v) is 2.39. The van der Waals surface area contributed by atoms with Crippen molar-refractivity contribution in [2.75, 3.05) is 7.05 Å². The summed E-state index contributed by atoms with van der Waals surface area (Å²) in [5, 5.41) is 14.8. The second-order valence-corrected chi connectivity index (χ2v) is 4.82. The van der Waals surface area contributed by atoms with E-state index < -0.39 is 5.97 Å². The van der Waals surface area contributed by atoms with Crippen molar-refractivity contribution >= 4 is 11.7 Å². The Kier molecular flexibility index (Phi) is 5.21. The number of hydrogen-bond acceptors (Lipinski definition) is 3. The van der Waals surface area contributed by atoms with Crippen molar-refractivity contribution in [3.63, 3.8) is 0 Å². The summed E-state index contributed by atoms with van der Waals surface area (Å²) in [4.78, 5) is 10.8. The maximum Gasteiger partial charge on any atom is 0.333 e. The van der Waals surface area contributed by atoms with Gasteiger partial charge in [-0.2, -0.15) is 5.10 Å². The molecule has 0 radical (unpaired) electrons. The summed E-state index contributed by atoms with van der Waals surface area (Å²) in [6.45, 7) is 9.97. The smallest absolute Gasteiger partial charge is 0.333 e. The van der Waals surface area contributed by atoms with Crippen LogP contribution in [0.15, 0.2) is 16.9 Å². The van der Waals surface area contributed by atoms with Gasteiger partial charge in [-0.15, -0.1) is 0 Å². The summed E-state index contributed by atoms with van der Waals surface area (Å²) in [6.07, 6.45) is 2.04. The molecule has 0 fully saturated rings. The zero-order valence-corrected chi connectivity index (χ0v) is 11.0. The molecule has 0 aromatic heterocycles. The van der Waals surface area contributed by atoms with Crippen LogP contribution in [-0.4, -0.2) is 28.8 Å². The maximum atomic E-state index is 10.8. The molecule has 0 aromatic rings. The molecule has 0 saturated carbocycles. The number of carboxylic acids is 1. The van der Waals surface area contributed by atoms with Gasteiger partial charge in [-0.05, 0) is 13.3 Å². The molecule has 0 aliphatic rings. The quantitative estimate of drug-likeness (QED) is 0.455. The Morgan fingerprint density at radius 2 is 1.94 bits per heavy atom. The van der Waals surface area contributed by atoms with Gasteiger partial charge < -0.3 is 5.11 Å². The van der Waals surface area contributed by atoms with Crippen molar-refractivity contribution in [2.24, 2.45) is 10.5 Å². The molecule has 0 bridgehead atoms. The Morgan fingerprint density at radius 3 is 2.25 bits per heavy atom. The highest BCUT2D eigenvalue weighted by atomic mass is 16.4. The van der Waals surface area contributed by atoms with E-state index in [-0.39, 0.29) is 5.41 Å². The van der Waals surface area contributed by atoms with E-state index in [1.807, 2.05) is 13.8 Å². The summed E-state index contributed by atoms with van der Waals surface area (Å²) in [5.41, 5.74) is 1.32. The van der Waals surface area contributed by atoms with Gasteiger partial charge in [0.05, 0.1) is 5.57 Å². The van der Waals surface area contributed by atoms with Crippen molar-refractivity contribution in [1.29, 1.82) is 0 Å². The van der Waals surface area contributed by atoms with Gasteiger partial charge in [-0.25, -0.2) is 4.79 Å².